The Kier molecular flexibility index (Phi) is 6.32. The molecule has 134 valence electrons. The molecule has 2 heterocycles. The third-order valence-corrected chi connectivity index (χ3v) is 5.42. The quantitative estimate of drug-likeness (QED) is 0.805. The maximum Gasteiger partial charge on any atom is 0.237 e. The van der Waals surface area contributed by atoms with Crippen LogP contribution in [-0.4, -0.2) is 42.5 Å². The molecule has 3 rings (SSSR count). The summed E-state index contributed by atoms with van der Waals surface area (Å²) < 4.78 is 5.67. The van der Waals surface area contributed by atoms with Crippen LogP contribution < -0.4 is 10.6 Å². The van der Waals surface area contributed by atoms with E-state index in [9.17, 15) is 4.79 Å². The summed E-state index contributed by atoms with van der Waals surface area (Å²) >= 11 is 0. The Bertz CT molecular complexity index is 491. The molecule has 1 aromatic rings. The fourth-order valence-electron chi connectivity index (χ4n) is 3.90. The Morgan fingerprint density at radius 1 is 1.25 bits per heavy atom. The molecule has 0 bridgehead atoms. The number of carbonyl (C=O) groups is 1. The number of hydrogen-bond acceptors (Lipinski definition) is 4. The van der Waals surface area contributed by atoms with Gasteiger partial charge < -0.3 is 15.1 Å². The third kappa shape index (κ3) is 4.61. The van der Waals surface area contributed by atoms with Gasteiger partial charge >= 0.3 is 0 Å². The van der Waals surface area contributed by atoms with E-state index in [1.54, 1.807) is 6.26 Å². The lowest BCUT2D eigenvalue weighted by Crippen LogP contribution is -2.48. The predicted molar refractivity (Wildman–Crippen MR) is 94.7 cm³/mol. The zero-order chi connectivity index (χ0) is 16.8. The van der Waals surface area contributed by atoms with E-state index in [0.717, 1.165) is 38.2 Å². The molecular formula is C19H31N3O2. The first-order chi connectivity index (χ1) is 11.7. The van der Waals surface area contributed by atoms with Gasteiger partial charge in [0, 0.05) is 12.6 Å². The summed E-state index contributed by atoms with van der Waals surface area (Å²) in [6, 6.07) is 4.41. The van der Waals surface area contributed by atoms with Gasteiger partial charge in [-0.25, -0.2) is 0 Å². The van der Waals surface area contributed by atoms with Crippen LogP contribution in [-0.2, 0) is 4.79 Å². The molecule has 2 atom stereocenters. The van der Waals surface area contributed by atoms with E-state index in [2.05, 4.69) is 15.5 Å². The van der Waals surface area contributed by atoms with E-state index >= 15 is 0 Å². The molecule has 2 N–H and O–H groups in total. The highest BCUT2D eigenvalue weighted by Crippen LogP contribution is 2.24. The second-order valence-corrected chi connectivity index (χ2v) is 7.25. The topological polar surface area (TPSA) is 57.5 Å². The molecule has 1 aromatic heterocycles. The normalized spacial score (nSPS) is 22.4. The molecule has 2 fully saturated rings. The molecule has 1 aliphatic heterocycles. The van der Waals surface area contributed by atoms with Gasteiger partial charge in [0.05, 0.1) is 18.3 Å². The summed E-state index contributed by atoms with van der Waals surface area (Å²) in [6.07, 6.45) is 10.3. The molecule has 1 saturated heterocycles. The molecule has 0 aromatic carbocycles. The lowest BCUT2D eigenvalue weighted by molar-refractivity contribution is -0.123. The second-order valence-electron chi connectivity index (χ2n) is 7.25. The van der Waals surface area contributed by atoms with Crippen molar-refractivity contribution in [1.82, 2.24) is 15.5 Å². The van der Waals surface area contributed by atoms with Crippen molar-refractivity contribution in [2.75, 3.05) is 19.6 Å². The Morgan fingerprint density at radius 2 is 2.00 bits per heavy atom. The van der Waals surface area contributed by atoms with Crippen molar-refractivity contribution >= 4 is 5.91 Å². The Morgan fingerprint density at radius 3 is 2.67 bits per heavy atom. The first-order valence-corrected chi connectivity index (χ1v) is 9.55. The highest BCUT2D eigenvalue weighted by Gasteiger charge is 2.26. The van der Waals surface area contributed by atoms with Gasteiger partial charge in [0.25, 0.3) is 0 Å². The van der Waals surface area contributed by atoms with Gasteiger partial charge in [0.2, 0.25) is 5.91 Å². The molecule has 0 spiro atoms. The number of nitrogens with one attached hydrogen (secondary N) is 2. The van der Waals surface area contributed by atoms with Crippen molar-refractivity contribution in [3.8, 4) is 0 Å². The molecular weight excluding hydrogens is 302 g/mol. The van der Waals surface area contributed by atoms with Gasteiger partial charge in [0.1, 0.15) is 5.76 Å². The van der Waals surface area contributed by atoms with Crippen molar-refractivity contribution in [2.45, 2.75) is 70.0 Å². The van der Waals surface area contributed by atoms with E-state index < -0.39 is 0 Å². The molecule has 1 aliphatic carbocycles. The highest BCUT2D eigenvalue weighted by atomic mass is 16.3. The summed E-state index contributed by atoms with van der Waals surface area (Å²) in [5.41, 5.74) is 0. The number of hydrogen-bond donors (Lipinski definition) is 2. The maximum atomic E-state index is 12.4. The number of amides is 1. The Labute approximate surface area is 145 Å². The van der Waals surface area contributed by atoms with Gasteiger partial charge in [-0.3, -0.25) is 9.69 Å². The zero-order valence-corrected chi connectivity index (χ0v) is 14.8. The largest absolute Gasteiger partial charge is 0.468 e. The molecule has 5 heteroatoms. The number of rotatable bonds is 7. The summed E-state index contributed by atoms with van der Waals surface area (Å²) in [6.45, 7) is 4.91. The van der Waals surface area contributed by atoms with E-state index in [4.69, 9.17) is 4.42 Å². The second kappa shape index (κ2) is 8.67. The molecule has 0 unspecified atom stereocenters. The van der Waals surface area contributed by atoms with Crippen molar-refractivity contribution in [2.24, 2.45) is 0 Å². The number of nitrogens with zero attached hydrogens (tertiary/aromatic N) is 1. The standard InChI is InChI=1S/C19H31N3O2/c1-15(19(23)21-16-8-3-4-9-16)20-14-17(18-10-7-13-24-18)22-11-5-2-6-12-22/h7,10,13,15-17,20H,2-6,8-9,11-12,14H2,1H3,(H,21,23)/t15-,17+/m1/s1. The third-order valence-electron chi connectivity index (χ3n) is 5.42. The Hall–Kier alpha value is -1.33. The van der Waals surface area contributed by atoms with Crippen molar-refractivity contribution < 1.29 is 9.21 Å². The average Bonchev–Trinajstić information content (AvgIpc) is 3.30. The molecule has 0 radical (unpaired) electrons. The van der Waals surface area contributed by atoms with Crippen molar-refractivity contribution in [3.63, 3.8) is 0 Å². The fourth-order valence-corrected chi connectivity index (χ4v) is 3.90. The van der Waals surface area contributed by atoms with E-state index in [1.165, 1.54) is 32.1 Å². The molecule has 2 aliphatic rings. The number of likely N-dealkylation sites (tertiary alicyclic amines) is 1. The van der Waals surface area contributed by atoms with Crippen LogP contribution in [0.15, 0.2) is 22.8 Å². The van der Waals surface area contributed by atoms with Gasteiger partial charge in [-0.05, 0) is 57.8 Å². The van der Waals surface area contributed by atoms with Crippen LogP contribution in [0.4, 0.5) is 0 Å². The maximum absolute atomic E-state index is 12.4. The van der Waals surface area contributed by atoms with Crippen molar-refractivity contribution in [3.05, 3.63) is 24.2 Å². The monoisotopic (exact) mass is 333 g/mol. The van der Waals surface area contributed by atoms with E-state index in [0.29, 0.717) is 6.04 Å². The van der Waals surface area contributed by atoms with Crippen molar-refractivity contribution in [1.29, 1.82) is 0 Å². The number of furan rings is 1. The van der Waals surface area contributed by atoms with Crippen LogP contribution in [0.2, 0.25) is 0 Å². The van der Waals surface area contributed by atoms with Gasteiger partial charge in [-0.1, -0.05) is 19.3 Å². The van der Waals surface area contributed by atoms with Crippen LogP contribution >= 0.6 is 0 Å². The summed E-state index contributed by atoms with van der Waals surface area (Å²) in [5.74, 6) is 1.12. The summed E-state index contributed by atoms with van der Waals surface area (Å²) in [5, 5.41) is 6.61. The first kappa shape index (κ1) is 17.5. The summed E-state index contributed by atoms with van der Waals surface area (Å²) in [7, 11) is 0. The van der Waals surface area contributed by atoms with E-state index in [1.807, 2.05) is 19.1 Å². The smallest absolute Gasteiger partial charge is 0.237 e. The van der Waals surface area contributed by atoms with E-state index in [-0.39, 0.29) is 18.0 Å². The first-order valence-electron chi connectivity index (χ1n) is 9.55. The van der Waals surface area contributed by atoms with Gasteiger partial charge in [-0.15, -0.1) is 0 Å². The minimum atomic E-state index is -0.173. The van der Waals surface area contributed by atoms with Crippen LogP contribution in [0.5, 0.6) is 0 Å². The van der Waals surface area contributed by atoms with Crippen LogP contribution in [0.3, 0.4) is 0 Å². The lowest BCUT2D eigenvalue weighted by atomic mass is 10.1. The SMILES string of the molecule is C[C@@H](NC[C@@H](c1ccco1)N1CCCCC1)C(=O)NC1CCCC1. The molecule has 1 saturated carbocycles. The lowest BCUT2D eigenvalue weighted by Gasteiger charge is -2.34. The van der Waals surface area contributed by atoms with Gasteiger partial charge in [-0.2, -0.15) is 0 Å². The van der Waals surface area contributed by atoms with Gasteiger partial charge in [0.15, 0.2) is 0 Å². The minimum absolute atomic E-state index is 0.124. The number of piperidine rings is 1. The minimum Gasteiger partial charge on any atom is -0.468 e. The zero-order valence-electron chi connectivity index (χ0n) is 14.8. The molecule has 24 heavy (non-hydrogen) atoms. The summed E-state index contributed by atoms with van der Waals surface area (Å²) in [4.78, 5) is 14.8. The highest BCUT2D eigenvalue weighted by molar-refractivity contribution is 5.81. The van der Waals surface area contributed by atoms with Crippen LogP contribution in [0.25, 0.3) is 0 Å². The molecule has 5 nitrogen and oxygen atoms in total. The molecule has 1 amide bonds. The van der Waals surface area contributed by atoms with Crippen LogP contribution in [0.1, 0.15) is 63.7 Å². The average molecular weight is 333 g/mol. The fraction of sp³-hybridized carbons (Fsp3) is 0.737. The number of carbonyl (C=O) groups excluding carboxylic acids is 1. The van der Waals surface area contributed by atoms with Crippen LogP contribution in [0, 0.1) is 0 Å². The Balaban J connectivity index is 1.53. The predicted octanol–water partition coefficient (Wildman–Crippen LogP) is 2.84.